The molecule has 14 heavy (non-hydrogen) atoms. The zero-order chi connectivity index (χ0) is 11.6. The van der Waals surface area contributed by atoms with Crippen LogP contribution in [-0.2, 0) is 61.5 Å². The van der Waals surface area contributed by atoms with Gasteiger partial charge in [0.25, 0.3) is 0 Å². The third-order valence-electron chi connectivity index (χ3n) is 0.488. The van der Waals surface area contributed by atoms with Crippen molar-refractivity contribution < 1.29 is 70.1 Å². The first-order valence-corrected chi connectivity index (χ1v) is 12.0. The molecule has 0 rings (SSSR count). The summed E-state index contributed by atoms with van der Waals surface area (Å²) >= 11 is -13.1. The van der Waals surface area contributed by atoms with Gasteiger partial charge >= 0.3 is 83.9 Å². The molecule has 0 aromatic heterocycles. The zero-order valence-corrected chi connectivity index (χ0v) is 11.8. The Labute approximate surface area is 83.8 Å². The van der Waals surface area contributed by atoms with Gasteiger partial charge in [0.15, 0.2) is 0 Å². The Morgan fingerprint density at radius 3 is 2.07 bits per heavy atom. The van der Waals surface area contributed by atoms with Gasteiger partial charge in [0, 0.05) is 0 Å². The Kier molecular flexibility index (Phi) is 4.79. The molecule has 1 unspecified atom stereocenters. The second-order valence-electron chi connectivity index (χ2n) is 1.55. The van der Waals surface area contributed by atoms with Crippen molar-refractivity contribution in [2.75, 3.05) is 0 Å². The van der Waals surface area contributed by atoms with E-state index in [9.17, 15) is 18.2 Å². The van der Waals surface area contributed by atoms with Gasteiger partial charge in [-0.25, -0.2) is 0 Å². The van der Waals surface area contributed by atoms with Crippen molar-refractivity contribution in [2.45, 2.75) is 0 Å². The third kappa shape index (κ3) is 6.94. The molecule has 0 bridgehead atoms. The maximum absolute atomic E-state index is 10.5. The summed E-state index contributed by atoms with van der Waals surface area (Å²) in [4.78, 5) is 8.35. The molecule has 0 saturated carbocycles. The van der Waals surface area contributed by atoms with E-state index >= 15 is 0 Å². The summed E-state index contributed by atoms with van der Waals surface area (Å²) in [7, 11) is -5.12. The van der Waals surface area contributed by atoms with Crippen molar-refractivity contribution in [3.63, 3.8) is 0 Å². The number of rotatable bonds is 5. The van der Waals surface area contributed by atoms with Gasteiger partial charge in [-0.05, 0) is 0 Å². The molecule has 11 nitrogen and oxygen atoms in total. The fourth-order valence-electron chi connectivity index (χ4n) is 0.251. The average molecular weight is 489 g/mol. The maximum atomic E-state index is 10.5. The summed E-state index contributed by atoms with van der Waals surface area (Å²) in [6.45, 7) is 0. The molecule has 4 N–H and O–H groups in total. The Bertz CT molecular complexity index is 429. The number of phosphoric acid groups is 1. The van der Waals surface area contributed by atoms with E-state index in [0.717, 1.165) is 0 Å². The minimum atomic E-state index is -6.74. The van der Waals surface area contributed by atoms with Crippen LogP contribution in [0.4, 0.5) is 0 Å². The molecule has 0 aliphatic heterocycles. The van der Waals surface area contributed by atoms with E-state index in [-0.39, 0.29) is 0 Å². The fourth-order valence-corrected chi connectivity index (χ4v) is 10.2. The van der Waals surface area contributed by atoms with Crippen LogP contribution >= 0.6 is 7.82 Å². The second kappa shape index (κ2) is 4.61. The van der Waals surface area contributed by atoms with E-state index in [4.69, 9.17) is 8.65 Å². The molecule has 1 atom stereocenters. The molecule has 0 radical (unpaired) electrons. The van der Waals surface area contributed by atoms with Gasteiger partial charge in [-0.1, -0.05) is 0 Å². The summed E-state index contributed by atoms with van der Waals surface area (Å²) in [6.07, 6.45) is 0. The zero-order valence-electron chi connectivity index (χ0n) is 6.00. The number of hydrogen-bond acceptors (Lipinski definition) is 9. The van der Waals surface area contributed by atoms with Crippen LogP contribution in [0.5, 0.6) is 0 Å². The predicted octanol–water partition coefficient (Wildman–Crippen LogP) is -1.65. The third-order valence-corrected chi connectivity index (χ3v) is 13.2. The van der Waals surface area contributed by atoms with Gasteiger partial charge in [-0.15, -0.1) is 0 Å². The van der Waals surface area contributed by atoms with Crippen LogP contribution in [0.25, 0.3) is 0 Å². The Balaban J connectivity index is 4.79. The van der Waals surface area contributed by atoms with Crippen LogP contribution in [0.2, 0.25) is 0 Å². The van der Waals surface area contributed by atoms with E-state index in [0.29, 0.717) is 0 Å². The molecule has 0 fully saturated rings. The molecule has 0 aliphatic carbocycles. The quantitative estimate of drug-likeness (QED) is 0.229. The normalized spacial score (nSPS) is 17.6. The van der Waals surface area contributed by atoms with Crippen molar-refractivity contribution in [1.29, 1.82) is 0 Å². The van der Waals surface area contributed by atoms with E-state index in [2.05, 4.69) is 15.7 Å². The van der Waals surface area contributed by atoms with Crippen LogP contribution in [0.1, 0.15) is 0 Å². The van der Waals surface area contributed by atoms with Gasteiger partial charge in [0.05, 0.1) is 0 Å². The number of hydrogen-bond donors (Lipinski definition) is 3. The van der Waals surface area contributed by atoms with Crippen LogP contribution in [0.15, 0.2) is 0 Å². The molecule has 0 amide bonds. The molecule has 0 saturated heterocycles. The van der Waals surface area contributed by atoms with Crippen LogP contribution in [-0.4, -0.2) is 8.65 Å². The van der Waals surface area contributed by atoms with E-state index < -0.39 is 41.3 Å². The Hall–Kier alpha value is 0.567. The predicted molar refractivity (Wildman–Crippen MR) is 22.2 cm³/mol. The molecule has 0 aromatic carbocycles. The van der Waals surface area contributed by atoms with Crippen molar-refractivity contribution in [2.24, 2.45) is 5.90 Å². The van der Waals surface area contributed by atoms with Gasteiger partial charge in [0.2, 0.25) is 0 Å². The standard InChI is InChI=1S/Mo.H4NO4P.H2O.5O.W/c;1-5-6(2,3)4;;;;;;;/h;1H2,(H2,2,3,4);1H2;;;;;;/q+1;;;;;;;;+1/p-2. The Morgan fingerprint density at radius 1 is 1.36 bits per heavy atom. The van der Waals surface area contributed by atoms with Crippen LogP contribution < -0.4 is 5.90 Å². The summed E-state index contributed by atoms with van der Waals surface area (Å²) in [5.74, 6) is 4.14. The Morgan fingerprint density at radius 2 is 1.79 bits per heavy atom. The van der Waals surface area contributed by atoms with Crippen molar-refractivity contribution in [3.8, 4) is 0 Å². The van der Waals surface area contributed by atoms with Gasteiger partial charge in [-0.2, -0.15) is 0 Å². The molecule has 86 valence electrons. The van der Waals surface area contributed by atoms with Crippen molar-refractivity contribution in [3.05, 3.63) is 0 Å². The number of nitrogens with two attached hydrogens (primary N) is 1. The minimum absolute atomic E-state index is 3.10. The molecule has 0 aliphatic rings. The van der Waals surface area contributed by atoms with Crippen molar-refractivity contribution in [1.82, 2.24) is 0 Å². The monoisotopic (exact) mass is 491 g/mol. The molecular weight excluding hydrogens is 485 g/mol. The average Bonchev–Trinajstić information content (AvgIpc) is 1.78. The van der Waals surface area contributed by atoms with E-state index in [1.807, 2.05) is 0 Å². The van der Waals surface area contributed by atoms with Crippen molar-refractivity contribution >= 4 is 7.82 Å². The summed E-state index contributed by atoms with van der Waals surface area (Å²) in [5, 5.41) is 0. The first kappa shape index (κ1) is 14.6. The van der Waals surface area contributed by atoms with Crippen LogP contribution in [0.3, 0.4) is 0 Å². The summed E-state index contributed by atoms with van der Waals surface area (Å²) < 4.78 is 69.0. The molecule has 14 heteroatoms. The first-order chi connectivity index (χ1) is 5.97. The topological polar surface area (TPSA) is 180 Å². The van der Waals surface area contributed by atoms with Gasteiger partial charge in [0.1, 0.15) is 0 Å². The van der Waals surface area contributed by atoms with E-state index in [1.165, 1.54) is 0 Å². The molecular formula is H4MoNO10PW. The first-order valence-electron chi connectivity index (χ1n) is 2.33. The van der Waals surface area contributed by atoms with Gasteiger partial charge in [-0.3, -0.25) is 0 Å². The molecule has 0 heterocycles. The SMILES string of the molecule is NOP(=O)(O)[O][W](=[O])(=[O])[O][Mo](=[O])(=[O])[OH]. The van der Waals surface area contributed by atoms with Crippen LogP contribution in [0, 0.1) is 0 Å². The van der Waals surface area contributed by atoms with E-state index in [1.54, 1.807) is 0 Å². The summed E-state index contributed by atoms with van der Waals surface area (Å²) in [6, 6.07) is 0. The van der Waals surface area contributed by atoms with Gasteiger partial charge < -0.3 is 0 Å². The fraction of sp³-hybridized carbons (Fsp3) is 0. The summed E-state index contributed by atoms with van der Waals surface area (Å²) in [5.41, 5.74) is 0. The molecule has 0 spiro atoms. The molecule has 0 aromatic rings. The second-order valence-corrected chi connectivity index (χ2v) is 12.7.